The van der Waals surface area contributed by atoms with Gasteiger partial charge in [-0.1, -0.05) is 0 Å². The lowest BCUT2D eigenvalue weighted by Crippen LogP contribution is -2.13. The fourth-order valence-corrected chi connectivity index (χ4v) is 2.28. The third kappa shape index (κ3) is 2.66. The van der Waals surface area contributed by atoms with Crippen LogP contribution in [0.1, 0.15) is 16.1 Å². The van der Waals surface area contributed by atoms with E-state index in [0.29, 0.717) is 18.7 Å². The predicted octanol–water partition coefficient (Wildman–Crippen LogP) is 0.643. The second kappa shape index (κ2) is 5.32. The average Bonchev–Trinajstić information content (AvgIpc) is 2.86. The van der Waals surface area contributed by atoms with Gasteiger partial charge in [0.2, 0.25) is 5.95 Å². The first-order valence-corrected chi connectivity index (χ1v) is 6.57. The Morgan fingerprint density at radius 2 is 2.18 bits per heavy atom. The van der Waals surface area contributed by atoms with E-state index in [0.717, 1.165) is 10.9 Å². The number of aryl methyl sites for hydroxylation is 2. The highest BCUT2D eigenvalue weighted by atomic mass is 16.4. The molecule has 0 aliphatic heterocycles. The second-order valence-corrected chi connectivity index (χ2v) is 4.82. The number of carbonyl (C=O) groups is 1. The molecule has 2 aromatic heterocycles. The molecule has 22 heavy (non-hydrogen) atoms. The van der Waals surface area contributed by atoms with Crippen molar-refractivity contribution in [1.29, 1.82) is 0 Å². The molecule has 1 aromatic carbocycles. The van der Waals surface area contributed by atoms with E-state index in [4.69, 9.17) is 10.8 Å². The van der Waals surface area contributed by atoms with Gasteiger partial charge in [-0.2, -0.15) is 5.10 Å². The number of aromatic nitrogens is 4. The Morgan fingerprint density at radius 1 is 1.36 bits per heavy atom. The van der Waals surface area contributed by atoms with Crippen molar-refractivity contribution >= 4 is 22.8 Å². The molecule has 2 heterocycles. The van der Waals surface area contributed by atoms with Gasteiger partial charge < -0.3 is 10.8 Å². The number of nitrogen functional groups attached to an aromatic ring is 1. The highest BCUT2D eigenvalue weighted by molar-refractivity contribution is 5.93. The molecule has 0 aliphatic carbocycles. The molecule has 8 nitrogen and oxygen atoms in total. The van der Waals surface area contributed by atoms with Crippen LogP contribution in [0.3, 0.4) is 0 Å². The lowest BCUT2D eigenvalue weighted by Gasteiger charge is -2.04. The number of rotatable bonds is 4. The molecule has 0 spiro atoms. The summed E-state index contributed by atoms with van der Waals surface area (Å²) in [5.41, 5.74) is 6.82. The third-order valence-corrected chi connectivity index (χ3v) is 3.28. The summed E-state index contributed by atoms with van der Waals surface area (Å²) in [5, 5.41) is 14.0. The molecule has 112 valence electrons. The van der Waals surface area contributed by atoms with Crippen molar-refractivity contribution in [3.8, 4) is 0 Å². The van der Waals surface area contributed by atoms with Crippen LogP contribution >= 0.6 is 0 Å². The van der Waals surface area contributed by atoms with Crippen LogP contribution in [-0.4, -0.2) is 30.8 Å². The number of benzene rings is 1. The second-order valence-electron chi connectivity index (χ2n) is 4.82. The van der Waals surface area contributed by atoms with Gasteiger partial charge in [0.05, 0.1) is 23.0 Å². The van der Waals surface area contributed by atoms with Crippen molar-refractivity contribution in [3.63, 3.8) is 0 Å². The number of carboxylic acids is 1. The summed E-state index contributed by atoms with van der Waals surface area (Å²) in [4.78, 5) is 28.7. The Kier molecular flexibility index (Phi) is 3.34. The number of nitrogens with two attached hydrogens (primary N) is 1. The van der Waals surface area contributed by atoms with E-state index in [1.807, 2.05) is 0 Å². The highest BCUT2D eigenvalue weighted by Gasteiger charge is 2.08. The fraction of sp³-hybridized carbons (Fsp3) is 0.143. The van der Waals surface area contributed by atoms with Crippen LogP contribution in [0.2, 0.25) is 0 Å². The largest absolute Gasteiger partial charge is 0.478 e. The molecule has 0 unspecified atom stereocenters. The summed E-state index contributed by atoms with van der Waals surface area (Å²) in [5.74, 6) is -0.892. The summed E-state index contributed by atoms with van der Waals surface area (Å²) in [6.45, 7) is 0.506. The molecule has 0 fully saturated rings. The molecule has 0 bridgehead atoms. The average molecular weight is 299 g/mol. The first-order valence-electron chi connectivity index (χ1n) is 6.57. The Hall–Kier alpha value is -3.16. The molecular formula is C14H13N5O3. The predicted molar refractivity (Wildman–Crippen MR) is 79.7 cm³/mol. The molecule has 0 aliphatic rings. The van der Waals surface area contributed by atoms with Crippen LogP contribution in [0.15, 0.2) is 35.3 Å². The van der Waals surface area contributed by atoms with Gasteiger partial charge in [-0.25, -0.2) is 9.78 Å². The first-order chi connectivity index (χ1) is 10.5. The minimum Gasteiger partial charge on any atom is -0.478 e. The molecule has 8 heteroatoms. The Balaban J connectivity index is 1.85. The lowest BCUT2D eigenvalue weighted by molar-refractivity contribution is 0.0697. The monoisotopic (exact) mass is 299 g/mol. The summed E-state index contributed by atoms with van der Waals surface area (Å²) in [7, 11) is 0. The van der Waals surface area contributed by atoms with E-state index in [9.17, 15) is 9.59 Å². The number of fused-ring (bicyclic) bond motifs is 1. The zero-order chi connectivity index (χ0) is 15.7. The Bertz CT molecular complexity index is 912. The molecule has 0 atom stereocenters. The number of anilines is 1. The van der Waals surface area contributed by atoms with Crippen molar-refractivity contribution in [1.82, 2.24) is 19.7 Å². The van der Waals surface area contributed by atoms with E-state index in [1.165, 1.54) is 12.1 Å². The molecular weight excluding hydrogens is 286 g/mol. The Morgan fingerprint density at radius 3 is 2.91 bits per heavy atom. The van der Waals surface area contributed by atoms with Crippen molar-refractivity contribution in [3.05, 3.63) is 52.1 Å². The van der Waals surface area contributed by atoms with Gasteiger partial charge in [0.15, 0.2) is 0 Å². The molecule has 0 saturated carbocycles. The molecule has 0 radical (unpaired) electrons. The zero-order valence-electron chi connectivity index (χ0n) is 11.5. The van der Waals surface area contributed by atoms with E-state index in [2.05, 4.69) is 15.1 Å². The van der Waals surface area contributed by atoms with E-state index in [-0.39, 0.29) is 17.1 Å². The summed E-state index contributed by atoms with van der Waals surface area (Å²) >= 11 is 0. The first kappa shape index (κ1) is 13.8. The molecule has 4 N–H and O–H groups in total. The van der Waals surface area contributed by atoms with Crippen LogP contribution in [0.5, 0.6) is 0 Å². The van der Waals surface area contributed by atoms with E-state index >= 15 is 0 Å². The summed E-state index contributed by atoms with van der Waals surface area (Å²) in [6.07, 6.45) is 2.10. The number of nitrogens with one attached hydrogen (secondary N) is 1. The Labute approximate surface area is 124 Å². The fourth-order valence-electron chi connectivity index (χ4n) is 2.28. The number of H-pyrrole nitrogens is 1. The number of hydrogen-bond acceptors (Lipinski definition) is 5. The summed E-state index contributed by atoms with van der Waals surface area (Å²) in [6, 6.07) is 6.22. The normalized spacial score (nSPS) is 10.9. The van der Waals surface area contributed by atoms with Crippen molar-refractivity contribution in [2.24, 2.45) is 0 Å². The van der Waals surface area contributed by atoms with Crippen molar-refractivity contribution < 1.29 is 9.90 Å². The highest BCUT2D eigenvalue weighted by Crippen LogP contribution is 2.16. The molecule has 0 amide bonds. The van der Waals surface area contributed by atoms with Crippen LogP contribution < -0.4 is 11.3 Å². The van der Waals surface area contributed by atoms with Gasteiger partial charge in [0.1, 0.15) is 0 Å². The third-order valence-electron chi connectivity index (χ3n) is 3.28. The maximum atomic E-state index is 11.3. The minimum absolute atomic E-state index is 0.0823. The number of carboxylic acid groups (broad SMARTS) is 1. The number of nitrogens with zero attached hydrogens (tertiary/aromatic N) is 3. The molecule has 3 aromatic rings. The number of hydrogen-bond donors (Lipinski definition) is 3. The maximum absolute atomic E-state index is 11.3. The minimum atomic E-state index is -0.974. The van der Waals surface area contributed by atoms with Gasteiger partial charge >= 0.3 is 5.97 Å². The smallest absolute Gasteiger partial charge is 0.335 e. The van der Waals surface area contributed by atoms with E-state index < -0.39 is 5.97 Å². The summed E-state index contributed by atoms with van der Waals surface area (Å²) < 4.78 is 1.74. The van der Waals surface area contributed by atoms with Gasteiger partial charge in [0.25, 0.3) is 5.56 Å². The van der Waals surface area contributed by atoms with E-state index in [1.54, 1.807) is 23.0 Å². The zero-order valence-corrected chi connectivity index (χ0v) is 11.5. The van der Waals surface area contributed by atoms with Crippen LogP contribution in [0.25, 0.3) is 10.9 Å². The SMILES string of the molecule is Nc1nc(CCn2ncc3cc(C(=O)O)ccc32)cc(=O)[nH]1. The van der Waals surface area contributed by atoms with Crippen LogP contribution in [0, 0.1) is 0 Å². The quantitative estimate of drug-likeness (QED) is 0.649. The lowest BCUT2D eigenvalue weighted by atomic mass is 10.1. The number of aromatic carboxylic acids is 1. The van der Waals surface area contributed by atoms with Gasteiger partial charge in [0, 0.05) is 24.4 Å². The topological polar surface area (TPSA) is 127 Å². The van der Waals surface area contributed by atoms with Gasteiger partial charge in [-0.05, 0) is 18.2 Å². The van der Waals surface area contributed by atoms with Crippen molar-refractivity contribution in [2.45, 2.75) is 13.0 Å². The molecule has 3 rings (SSSR count). The van der Waals surface area contributed by atoms with Gasteiger partial charge in [-0.3, -0.25) is 14.5 Å². The van der Waals surface area contributed by atoms with Crippen LogP contribution in [0.4, 0.5) is 5.95 Å². The van der Waals surface area contributed by atoms with Gasteiger partial charge in [-0.15, -0.1) is 0 Å². The molecule has 0 saturated heterocycles. The standard InChI is InChI=1S/C14H13N5O3/c15-14-17-10(6-12(20)18-14)3-4-19-11-2-1-8(13(21)22)5-9(11)7-16-19/h1-2,5-7H,3-4H2,(H,21,22)(H3,15,17,18,20). The number of aromatic amines is 1. The van der Waals surface area contributed by atoms with Crippen molar-refractivity contribution in [2.75, 3.05) is 5.73 Å². The van der Waals surface area contributed by atoms with Crippen LogP contribution in [-0.2, 0) is 13.0 Å². The maximum Gasteiger partial charge on any atom is 0.335 e.